The van der Waals surface area contributed by atoms with Crippen molar-refractivity contribution in [3.8, 4) is 11.4 Å². The highest BCUT2D eigenvalue weighted by Gasteiger charge is 2.29. The monoisotopic (exact) mass is 361 g/mol. The average Bonchev–Trinajstić information content (AvgIpc) is 2.95. The number of likely N-dealkylation sites (tertiary alicyclic amines) is 1. The van der Waals surface area contributed by atoms with Crippen molar-refractivity contribution in [3.63, 3.8) is 0 Å². The predicted octanol–water partition coefficient (Wildman–Crippen LogP) is 3.36. The molecule has 140 valence electrons. The molecule has 0 aliphatic carbocycles. The highest BCUT2D eigenvalue weighted by molar-refractivity contribution is 5.68. The number of carbonyl (C=O) groups is 1. The molecule has 0 radical (unpaired) electrons. The van der Waals surface area contributed by atoms with Crippen molar-refractivity contribution in [3.05, 3.63) is 29.8 Å². The van der Waals surface area contributed by atoms with Gasteiger partial charge in [-0.3, -0.25) is 0 Å². The van der Waals surface area contributed by atoms with E-state index in [0.717, 1.165) is 18.5 Å². The summed E-state index contributed by atoms with van der Waals surface area (Å²) in [7, 11) is 0. The Morgan fingerprint density at radius 3 is 2.58 bits per heavy atom. The second-order valence-electron chi connectivity index (χ2n) is 7.51. The van der Waals surface area contributed by atoms with E-state index >= 15 is 0 Å². The third-order valence-electron chi connectivity index (χ3n) is 4.28. The van der Waals surface area contributed by atoms with E-state index in [4.69, 9.17) is 4.74 Å². The fourth-order valence-corrected chi connectivity index (χ4v) is 3.09. The first-order chi connectivity index (χ1) is 12.2. The summed E-state index contributed by atoms with van der Waals surface area (Å²) >= 11 is 0. The van der Waals surface area contributed by atoms with Crippen molar-refractivity contribution >= 4 is 6.09 Å². The van der Waals surface area contributed by atoms with Gasteiger partial charge in [-0.25, -0.2) is 14.5 Å². The van der Waals surface area contributed by atoms with Gasteiger partial charge in [0.15, 0.2) is 0 Å². The van der Waals surface area contributed by atoms with Crippen LogP contribution in [0.4, 0.5) is 9.18 Å². The summed E-state index contributed by atoms with van der Waals surface area (Å²) in [5.41, 5.74) is 1.44. The van der Waals surface area contributed by atoms with Crippen LogP contribution in [0, 0.1) is 12.9 Å². The Bertz CT molecular complexity index is 791. The summed E-state index contributed by atoms with van der Waals surface area (Å²) in [6.07, 6.45) is 1.16. The highest BCUT2D eigenvalue weighted by Crippen LogP contribution is 2.29. The molecule has 0 bridgehead atoms. The molecule has 8 heteroatoms. The lowest BCUT2D eigenvalue weighted by Gasteiger charge is -2.33. The van der Waals surface area contributed by atoms with Gasteiger partial charge in [-0.05, 0) is 52.7 Å². The van der Waals surface area contributed by atoms with Gasteiger partial charge >= 0.3 is 6.09 Å². The second kappa shape index (κ2) is 7.01. The topological polar surface area (TPSA) is 73.1 Å². The van der Waals surface area contributed by atoms with E-state index in [2.05, 4.69) is 15.3 Å². The van der Waals surface area contributed by atoms with Crippen LogP contribution in [0.15, 0.2) is 18.2 Å². The molecule has 0 aromatic carbocycles. The Labute approximate surface area is 152 Å². The molecule has 3 rings (SSSR count). The third kappa shape index (κ3) is 4.00. The van der Waals surface area contributed by atoms with Gasteiger partial charge in [0.1, 0.15) is 11.3 Å². The van der Waals surface area contributed by atoms with E-state index < -0.39 is 11.5 Å². The van der Waals surface area contributed by atoms with Crippen LogP contribution in [-0.4, -0.2) is 49.7 Å². The van der Waals surface area contributed by atoms with E-state index in [1.165, 1.54) is 6.07 Å². The summed E-state index contributed by atoms with van der Waals surface area (Å²) in [4.78, 5) is 17.9. The van der Waals surface area contributed by atoms with Crippen molar-refractivity contribution < 1.29 is 13.9 Å². The molecule has 0 N–H and O–H groups in total. The summed E-state index contributed by atoms with van der Waals surface area (Å²) in [6, 6.07) is 4.77. The number of carbonyl (C=O) groups excluding carboxylic acids is 1. The minimum atomic E-state index is -0.533. The molecule has 26 heavy (non-hydrogen) atoms. The van der Waals surface area contributed by atoms with Gasteiger partial charge in [0.2, 0.25) is 5.95 Å². The number of halogens is 1. The van der Waals surface area contributed by atoms with Gasteiger partial charge in [0.25, 0.3) is 0 Å². The number of aryl methyl sites for hydroxylation is 1. The molecule has 2 aromatic heterocycles. The molecule has 0 atom stereocenters. The number of piperidine rings is 1. The van der Waals surface area contributed by atoms with Gasteiger partial charge in [0.05, 0.1) is 17.4 Å². The molecule has 0 saturated carbocycles. The minimum absolute atomic E-state index is 0.0787. The van der Waals surface area contributed by atoms with Crippen LogP contribution in [0.25, 0.3) is 11.4 Å². The van der Waals surface area contributed by atoms with Gasteiger partial charge in [-0.15, -0.1) is 5.10 Å². The SMILES string of the molecule is Cc1nnn(C2CCN(C(=O)OC(C)(C)C)CC2)c1-c1cccc(F)n1. The number of aromatic nitrogens is 4. The van der Waals surface area contributed by atoms with Gasteiger partial charge < -0.3 is 9.64 Å². The zero-order valence-corrected chi connectivity index (χ0v) is 15.6. The first kappa shape index (κ1) is 18.3. The Balaban J connectivity index is 1.74. The first-order valence-corrected chi connectivity index (χ1v) is 8.77. The minimum Gasteiger partial charge on any atom is -0.444 e. The lowest BCUT2D eigenvalue weighted by Crippen LogP contribution is -2.42. The average molecular weight is 361 g/mol. The smallest absolute Gasteiger partial charge is 0.410 e. The maximum absolute atomic E-state index is 13.5. The Kier molecular flexibility index (Phi) is 4.93. The molecular formula is C18H24FN5O2. The number of hydrogen-bond acceptors (Lipinski definition) is 5. The van der Waals surface area contributed by atoms with E-state index in [9.17, 15) is 9.18 Å². The molecule has 7 nitrogen and oxygen atoms in total. The number of hydrogen-bond donors (Lipinski definition) is 0. The van der Waals surface area contributed by atoms with E-state index in [1.807, 2.05) is 32.4 Å². The molecule has 2 aromatic rings. The normalized spacial score (nSPS) is 16.0. The van der Waals surface area contributed by atoms with E-state index in [-0.39, 0.29) is 12.1 Å². The molecule has 1 aliphatic rings. The summed E-state index contributed by atoms with van der Waals surface area (Å²) in [5.74, 6) is -0.533. The Hall–Kier alpha value is -2.51. The number of rotatable bonds is 2. The van der Waals surface area contributed by atoms with Crippen LogP contribution in [0.5, 0.6) is 0 Å². The van der Waals surface area contributed by atoms with Crippen molar-refractivity contribution in [2.24, 2.45) is 0 Å². The molecule has 1 saturated heterocycles. The van der Waals surface area contributed by atoms with Crippen molar-refractivity contribution in [1.29, 1.82) is 0 Å². The molecular weight excluding hydrogens is 337 g/mol. The molecule has 0 spiro atoms. The number of nitrogens with zero attached hydrogens (tertiary/aromatic N) is 5. The van der Waals surface area contributed by atoms with Crippen LogP contribution in [0.3, 0.4) is 0 Å². The first-order valence-electron chi connectivity index (χ1n) is 8.77. The zero-order chi connectivity index (χ0) is 18.9. The fourth-order valence-electron chi connectivity index (χ4n) is 3.09. The predicted molar refractivity (Wildman–Crippen MR) is 94.0 cm³/mol. The Morgan fingerprint density at radius 2 is 1.96 bits per heavy atom. The van der Waals surface area contributed by atoms with Crippen LogP contribution >= 0.6 is 0 Å². The number of pyridine rings is 1. The van der Waals surface area contributed by atoms with Gasteiger partial charge in [0, 0.05) is 13.1 Å². The maximum atomic E-state index is 13.5. The van der Waals surface area contributed by atoms with Crippen molar-refractivity contribution in [2.75, 3.05) is 13.1 Å². The van der Waals surface area contributed by atoms with Crippen molar-refractivity contribution in [2.45, 2.75) is 52.2 Å². The van der Waals surface area contributed by atoms with Crippen molar-refractivity contribution in [1.82, 2.24) is 24.9 Å². The van der Waals surface area contributed by atoms with Crippen LogP contribution in [0.1, 0.15) is 45.3 Å². The molecule has 0 unspecified atom stereocenters. The Morgan fingerprint density at radius 1 is 1.27 bits per heavy atom. The molecule has 1 amide bonds. The summed E-state index contributed by atoms with van der Waals surface area (Å²) in [5, 5.41) is 8.39. The standard InChI is InChI=1S/C18H24FN5O2/c1-12-16(14-6-5-7-15(19)20-14)24(22-21-12)13-8-10-23(11-9-13)17(25)26-18(2,3)4/h5-7,13H,8-11H2,1-4H3. The number of ether oxygens (including phenoxy) is 1. The van der Waals surface area contributed by atoms with Gasteiger partial charge in [-0.2, -0.15) is 4.39 Å². The summed E-state index contributed by atoms with van der Waals surface area (Å²) in [6.45, 7) is 8.56. The molecule has 1 fully saturated rings. The lowest BCUT2D eigenvalue weighted by molar-refractivity contribution is 0.0185. The zero-order valence-electron chi connectivity index (χ0n) is 15.6. The quantitative estimate of drug-likeness (QED) is 0.767. The highest BCUT2D eigenvalue weighted by atomic mass is 19.1. The largest absolute Gasteiger partial charge is 0.444 e. The van der Waals surface area contributed by atoms with Crippen LogP contribution in [-0.2, 0) is 4.74 Å². The molecule has 3 heterocycles. The van der Waals surface area contributed by atoms with Crippen LogP contribution < -0.4 is 0 Å². The summed E-state index contributed by atoms with van der Waals surface area (Å²) < 4.78 is 20.8. The lowest BCUT2D eigenvalue weighted by atomic mass is 10.0. The second-order valence-corrected chi connectivity index (χ2v) is 7.51. The fraction of sp³-hybridized carbons (Fsp3) is 0.556. The van der Waals surface area contributed by atoms with E-state index in [0.29, 0.717) is 24.5 Å². The van der Waals surface area contributed by atoms with E-state index in [1.54, 1.807) is 17.0 Å². The third-order valence-corrected chi connectivity index (χ3v) is 4.28. The van der Waals surface area contributed by atoms with Crippen LogP contribution in [0.2, 0.25) is 0 Å². The number of amides is 1. The van der Waals surface area contributed by atoms with Gasteiger partial charge in [-0.1, -0.05) is 11.3 Å². The maximum Gasteiger partial charge on any atom is 0.410 e. The molecule has 1 aliphatic heterocycles.